The SMILES string of the molecule is COCOc1cc(C)ccc1O[C@@H]1[C@@H]2CC[C@H]1CN(c1nnc(C(F)(F)F)s1)C2. The second kappa shape index (κ2) is 7.98. The Bertz CT molecular complexity index is 847. The predicted octanol–water partition coefficient (Wildman–Crippen LogP) is 4.14. The smallest absolute Gasteiger partial charge is 0.445 e. The molecule has 1 saturated carbocycles. The molecule has 2 aliphatic rings. The van der Waals surface area contributed by atoms with Gasteiger partial charge in [0, 0.05) is 32.0 Å². The fourth-order valence-corrected chi connectivity index (χ4v) is 4.80. The largest absolute Gasteiger partial charge is 0.486 e. The Labute approximate surface area is 170 Å². The molecule has 2 aromatic rings. The minimum absolute atomic E-state index is 0.00569. The number of aryl methyl sites for hydroxylation is 1. The first-order valence-electron chi connectivity index (χ1n) is 9.40. The summed E-state index contributed by atoms with van der Waals surface area (Å²) in [6, 6.07) is 5.77. The van der Waals surface area contributed by atoms with Crippen LogP contribution in [-0.2, 0) is 10.9 Å². The summed E-state index contributed by atoms with van der Waals surface area (Å²) in [6.07, 6.45) is -2.53. The van der Waals surface area contributed by atoms with Gasteiger partial charge in [-0.1, -0.05) is 17.4 Å². The van der Waals surface area contributed by atoms with Crippen molar-refractivity contribution >= 4 is 16.5 Å². The van der Waals surface area contributed by atoms with Crippen molar-refractivity contribution in [3.63, 3.8) is 0 Å². The van der Waals surface area contributed by atoms with E-state index in [0.717, 1.165) is 18.4 Å². The fraction of sp³-hybridized carbons (Fsp3) is 0.579. The van der Waals surface area contributed by atoms with Crippen LogP contribution in [-0.4, -0.2) is 43.3 Å². The van der Waals surface area contributed by atoms with Gasteiger partial charge in [0.1, 0.15) is 6.10 Å². The number of hydrogen-bond donors (Lipinski definition) is 0. The quantitative estimate of drug-likeness (QED) is 0.644. The highest BCUT2D eigenvalue weighted by Gasteiger charge is 2.45. The summed E-state index contributed by atoms with van der Waals surface area (Å²) in [7, 11) is 1.56. The molecule has 1 aliphatic heterocycles. The molecule has 1 aliphatic carbocycles. The van der Waals surface area contributed by atoms with Crippen molar-refractivity contribution < 1.29 is 27.4 Å². The minimum atomic E-state index is -4.46. The Hall–Kier alpha value is -2.07. The molecule has 1 saturated heterocycles. The number of fused-ring (bicyclic) bond motifs is 2. The topological polar surface area (TPSA) is 56.7 Å². The number of anilines is 1. The van der Waals surface area contributed by atoms with Gasteiger partial charge >= 0.3 is 6.18 Å². The fourth-order valence-electron chi connectivity index (χ4n) is 4.07. The van der Waals surface area contributed by atoms with E-state index in [9.17, 15) is 13.2 Å². The Morgan fingerprint density at radius 3 is 2.48 bits per heavy atom. The maximum absolute atomic E-state index is 12.8. The lowest BCUT2D eigenvalue weighted by atomic mass is 9.95. The van der Waals surface area contributed by atoms with Crippen molar-refractivity contribution in [2.45, 2.75) is 32.0 Å². The molecule has 1 aromatic heterocycles. The van der Waals surface area contributed by atoms with Crippen molar-refractivity contribution in [3.8, 4) is 11.5 Å². The monoisotopic (exact) mass is 429 g/mol. The predicted molar refractivity (Wildman–Crippen MR) is 101 cm³/mol. The molecule has 0 N–H and O–H groups in total. The zero-order valence-electron chi connectivity index (χ0n) is 16.1. The van der Waals surface area contributed by atoms with Gasteiger partial charge in [-0.05, 0) is 37.5 Å². The molecular formula is C19H22F3N3O3S. The highest BCUT2D eigenvalue weighted by molar-refractivity contribution is 7.15. The molecule has 0 unspecified atom stereocenters. The Kier molecular flexibility index (Phi) is 5.56. The van der Waals surface area contributed by atoms with Gasteiger partial charge in [-0.15, -0.1) is 10.2 Å². The number of benzene rings is 1. The standard InChI is InChI=1S/C19H22F3N3O3S/c1-11-3-6-14(15(7-11)27-10-26-2)28-16-12-4-5-13(16)9-25(8-12)18-24-23-17(29-18)19(20,21)22/h3,6-7,12-13,16H,4-5,8-10H2,1-2H3/t12-,13+,16-. The highest BCUT2D eigenvalue weighted by atomic mass is 32.1. The lowest BCUT2D eigenvalue weighted by molar-refractivity contribution is -0.138. The lowest BCUT2D eigenvalue weighted by Crippen LogP contribution is -2.47. The van der Waals surface area contributed by atoms with Crippen molar-refractivity contribution in [1.82, 2.24) is 10.2 Å². The van der Waals surface area contributed by atoms with Crippen LogP contribution in [0.15, 0.2) is 18.2 Å². The van der Waals surface area contributed by atoms with Gasteiger partial charge in [-0.25, -0.2) is 0 Å². The number of ether oxygens (including phenoxy) is 3. The van der Waals surface area contributed by atoms with Crippen LogP contribution in [0.1, 0.15) is 23.4 Å². The normalized spacial score (nSPS) is 24.0. The third kappa shape index (κ3) is 4.28. The summed E-state index contributed by atoms with van der Waals surface area (Å²) in [5.74, 6) is 1.72. The molecule has 158 valence electrons. The molecule has 0 radical (unpaired) electrons. The molecule has 0 amide bonds. The van der Waals surface area contributed by atoms with Crippen LogP contribution in [0.4, 0.5) is 18.3 Å². The number of alkyl halides is 3. The average molecular weight is 429 g/mol. The van der Waals surface area contributed by atoms with E-state index in [2.05, 4.69) is 10.2 Å². The van der Waals surface area contributed by atoms with Crippen molar-refractivity contribution in [2.75, 3.05) is 31.9 Å². The number of aromatic nitrogens is 2. The van der Waals surface area contributed by atoms with E-state index >= 15 is 0 Å². The van der Waals surface area contributed by atoms with E-state index in [1.165, 1.54) is 0 Å². The second-order valence-electron chi connectivity index (χ2n) is 7.47. The Balaban J connectivity index is 1.47. The van der Waals surface area contributed by atoms with E-state index in [1.807, 2.05) is 30.0 Å². The number of piperidine rings is 1. The second-order valence-corrected chi connectivity index (χ2v) is 8.43. The van der Waals surface area contributed by atoms with Crippen molar-refractivity contribution in [2.24, 2.45) is 11.8 Å². The Morgan fingerprint density at radius 1 is 1.14 bits per heavy atom. The van der Waals surface area contributed by atoms with E-state index in [4.69, 9.17) is 14.2 Å². The van der Waals surface area contributed by atoms with Crippen molar-refractivity contribution in [3.05, 3.63) is 28.8 Å². The van der Waals surface area contributed by atoms with Crippen LogP contribution >= 0.6 is 11.3 Å². The van der Waals surface area contributed by atoms with Crippen LogP contribution in [0.25, 0.3) is 0 Å². The van der Waals surface area contributed by atoms with E-state index in [-0.39, 0.29) is 24.7 Å². The molecule has 2 fully saturated rings. The summed E-state index contributed by atoms with van der Waals surface area (Å²) in [5.41, 5.74) is 1.05. The van der Waals surface area contributed by atoms with Gasteiger partial charge < -0.3 is 19.1 Å². The van der Waals surface area contributed by atoms with Gasteiger partial charge in [-0.3, -0.25) is 0 Å². The molecule has 29 heavy (non-hydrogen) atoms. The zero-order valence-corrected chi connectivity index (χ0v) is 16.9. The van der Waals surface area contributed by atoms with Crippen molar-refractivity contribution in [1.29, 1.82) is 0 Å². The molecule has 1 aromatic carbocycles. The third-order valence-corrected chi connectivity index (χ3v) is 6.40. The van der Waals surface area contributed by atoms with Gasteiger partial charge in [0.15, 0.2) is 18.3 Å². The van der Waals surface area contributed by atoms with Gasteiger partial charge in [-0.2, -0.15) is 13.2 Å². The number of nitrogens with zero attached hydrogens (tertiary/aromatic N) is 3. The van der Waals surface area contributed by atoms with Gasteiger partial charge in [0.25, 0.3) is 0 Å². The number of hydrogen-bond acceptors (Lipinski definition) is 7. The molecular weight excluding hydrogens is 407 g/mol. The summed E-state index contributed by atoms with van der Waals surface area (Å²) < 4.78 is 55.5. The van der Waals surface area contributed by atoms with Crippen LogP contribution in [0.5, 0.6) is 11.5 Å². The molecule has 6 nitrogen and oxygen atoms in total. The summed E-state index contributed by atoms with van der Waals surface area (Å²) >= 11 is 0.601. The average Bonchev–Trinajstić information content (AvgIpc) is 3.25. The van der Waals surface area contributed by atoms with Crippen LogP contribution < -0.4 is 14.4 Å². The number of halogens is 3. The molecule has 2 heterocycles. The maximum atomic E-state index is 12.8. The number of methoxy groups -OCH3 is 1. The van der Waals surface area contributed by atoms with Crippen LogP contribution in [0.3, 0.4) is 0 Å². The van der Waals surface area contributed by atoms with Gasteiger partial charge in [0.2, 0.25) is 10.1 Å². The van der Waals surface area contributed by atoms with Gasteiger partial charge in [0.05, 0.1) is 0 Å². The molecule has 2 bridgehead atoms. The molecule has 10 heteroatoms. The van der Waals surface area contributed by atoms with E-state index in [0.29, 0.717) is 41.1 Å². The first kappa shape index (κ1) is 20.2. The summed E-state index contributed by atoms with van der Waals surface area (Å²) in [4.78, 5) is 1.91. The zero-order chi connectivity index (χ0) is 20.6. The first-order valence-corrected chi connectivity index (χ1v) is 10.2. The molecule has 3 atom stereocenters. The van der Waals surface area contributed by atoms with Crippen LogP contribution in [0, 0.1) is 18.8 Å². The number of rotatable bonds is 6. The third-order valence-electron chi connectivity index (χ3n) is 5.37. The van der Waals surface area contributed by atoms with Crippen LogP contribution in [0.2, 0.25) is 0 Å². The molecule has 4 rings (SSSR count). The summed E-state index contributed by atoms with van der Waals surface area (Å²) in [6.45, 7) is 3.31. The first-order chi connectivity index (χ1) is 13.8. The minimum Gasteiger partial charge on any atom is -0.486 e. The maximum Gasteiger partial charge on any atom is 0.445 e. The summed E-state index contributed by atoms with van der Waals surface area (Å²) in [5, 5.41) is 6.50. The van der Waals surface area contributed by atoms with E-state index < -0.39 is 11.2 Å². The molecule has 0 spiro atoms. The van der Waals surface area contributed by atoms with E-state index in [1.54, 1.807) is 7.11 Å². The Morgan fingerprint density at radius 2 is 1.86 bits per heavy atom. The lowest BCUT2D eigenvalue weighted by Gasteiger charge is -2.37. The highest BCUT2D eigenvalue weighted by Crippen LogP contribution is 2.43.